The van der Waals surface area contributed by atoms with E-state index in [1.54, 1.807) is 0 Å². The van der Waals surface area contributed by atoms with Crippen LogP contribution in [0.3, 0.4) is 0 Å². The molecule has 20 aromatic carbocycles. The summed E-state index contributed by atoms with van der Waals surface area (Å²) in [6.07, 6.45) is 0. The molecule has 0 aromatic heterocycles. The van der Waals surface area contributed by atoms with Crippen LogP contribution in [0.2, 0.25) is 0 Å². The Morgan fingerprint density at radius 1 is 0.116 bits per heavy atom. The van der Waals surface area contributed by atoms with E-state index in [2.05, 4.69) is 481 Å². The first-order valence-corrected chi connectivity index (χ1v) is 38.4. The number of anilines is 12. The average molecular weight is 1430 g/mol. The van der Waals surface area contributed by atoms with Gasteiger partial charge in [-0.25, -0.2) is 0 Å². The van der Waals surface area contributed by atoms with Crippen LogP contribution in [0.4, 0.5) is 68.2 Å². The van der Waals surface area contributed by atoms with Crippen molar-refractivity contribution in [1.29, 1.82) is 0 Å². The Morgan fingerprint density at radius 2 is 0.312 bits per heavy atom. The lowest BCUT2D eigenvalue weighted by Gasteiger charge is -2.27. The minimum Gasteiger partial charge on any atom is -0.310 e. The molecule has 0 aliphatic heterocycles. The second-order valence-electron chi connectivity index (χ2n) is 28.4. The Balaban J connectivity index is 0.000000151. The third-order valence-corrected chi connectivity index (χ3v) is 21.6. The van der Waals surface area contributed by atoms with E-state index >= 15 is 0 Å². The Hall–Kier alpha value is -14.8. The molecule has 0 N–H and O–H groups in total. The van der Waals surface area contributed by atoms with Crippen molar-refractivity contribution in [1.82, 2.24) is 0 Å². The summed E-state index contributed by atoms with van der Waals surface area (Å²) >= 11 is 0. The highest BCUT2D eigenvalue weighted by molar-refractivity contribution is 6.14. The summed E-state index contributed by atoms with van der Waals surface area (Å²) in [4.78, 5) is 9.30. The fourth-order valence-electron chi connectivity index (χ4n) is 16.3. The fraction of sp³-hybridized carbons (Fsp3) is 0. The molecule has 0 saturated carbocycles. The summed E-state index contributed by atoms with van der Waals surface area (Å²) in [6, 6.07) is 166. The zero-order valence-electron chi connectivity index (χ0n) is 61.7. The van der Waals surface area contributed by atoms with Gasteiger partial charge in [-0.15, -0.1) is 0 Å². The van der Waals surface area contributed by atoms with Crippen LogP contribution >= 0.6 is 0 Å². The van der Waals surface area contributed by atoms with Gasteiger partial charge >= 0.3 is 0 Å². The molecule has 0 fully saturated rings. The smallest absolute Gasteiger partial charge is 0.0540 e. The van der Waals surface area contributed by atoms with Crippen molar-refractivity contribution < 1.29 is 0 Å². The lowest BCUT2D eigenvalue weighted by Crippen LogP contribution is -2.10. The van der Waals surface area contributed by atoms with Gasteiger partial charge in [0, 0.05) is 67.9 Å². The second-order valence-corrected chi connectivity index (χ2v) is 28.4. The molecule has 0 atom stereocenters. The van der Waals surface area contributed by atoms with Crippen LogP contribution in [0.25, 0.3) is 109 Å². The standard InChI is InChI=1S/2C54H38N2/c1-5-17-42(18-6-1)55(43-19-7-2-8-20-43)46-32-31-39-37-41(30-29-40(39)38-46)47-33-34-51(49-26-14-13-25-48(47)49)52-35-36-54(53-28-16-15-27-50(52)53)56(44-21-9-3-10-22-44)45-23-11-4-12-24-45;1-5-15-45(16-6-1)55(46-17-7-2-8-18-46)49-31-29-39-35-43(27-25-41(39)37-49)51-33-34-52(54-24-14-13-23-53(51)54)44-28-26-42-38-50(32-30-40(42)36-44)56(47-19-9-3-10-20-47)48-21-11-4-12-22-48/h2*1-38H. The van der Waals surface area contributed by atoms with Gasteiger partial charge in [-0.1, -0.05) is 303 Å². The zero-order valence-corrected chi connectivity index (χ0v) is 61.7. The van der Waals surface area contributed by atoms with E-state index in [0.29, 0.717) is 0 Å². The van der Waals surface area contributed by atoms with Crippen LogP contribution in [0, 0.1) is 0 Å². The van der Waals surface area contributed by atoms with Gasteiger partial charge in [0.2, 0.25) is 0 Å². The van der Waals surface area contributed by atoms with Gasteiger partial charge in [0.15, 0.2) is 0 Å². The van der Waals surface area contributed by atoms with Crippen LogP contribution in [-0.2, 0) is 0 Å². The predicted octanol–water partition coefficient (Wildman–Crippen LogP) is 30.8. The fourth-order valence-corrected chi connectivity index (χ4v) is 16.3. The van der Waals surface area contributed by atoms with Crippen molar-refractivity contribution in [2.45, 2.75) is 0 Å². The first kappa shape index (κ1) is 67.7. The predicted molar refractivity (Wildman–Crippen MR) is 478 cm³/mol. The Kier molecular flexibility index (Phi) is 18.4. The van der Waals surface area contributed by atoms with Gasteiger partial charge < -0.3 is 19.6 Å². The third kappa shape index (κ3) is 13.4. The van der Waals surface area contributed by atoms with Gasteiger partial charge in [0.25, 0.3) is 0 Å². The summed E-state index contributed by atoms with van der Waals surface area (Å²) in [5.41, 5.74) is 23.4. The van der Waals surface area contributed by atoms with Gasteiger partial charge in [-0.2, -0.15) is 0 Å². The molecule has 0 aliphatic rings. The largest absolute Gasteiger partial charge is 0.310 e. The van der Waals surface area contributed by atoms with Crippen molar-refractivity contribution in [3.8, 4) is 44.5 Å². The number of hydrogen-bond donors (Lipinski definition) is 0. The van der Waals surface area contributed by atoms with Gasteiger partial charge in [0.1, 0.15) is 0 Å². The molecule has 528 valence electrons. The molecule has 0 unspecified atom stereocenters. The summed E-state index contributed by atoms with van der Waals surface area (Å²) < 4.78 is 0. The molecule has 4 nitrogen and oxygen atoms in total. The summed E-state index contributed by atoms with van der Waals surface area (Å²) in [5, 5.41) is 14.7. The van der Waals surface area contributed by atoms with E-state index in [0.717, 1.165) is 68.2 Å². The number of para-hydroxylation sites is 8. The van der Waals surface area contributed by atoms with Crippen LogP contribution in [0.1, 0.15) is 0 Å². The molecule has 0 bridgehead atoms. The molecule has 0 heterocycles. The summed E-state index contributed by atoms with van der Waals surface area (Å²) in [6.45, 7) is 0. The molecule has 4 heteroatoms. The van der Waals surface area contributed by atoms with E-state index in [-0.39, 0.29) is 0 Å². The van der Waals surface area contributed by atoms with E-state index < -0.39 is 0 Å². The topological polar surface area (TPSA) is 13.0 Å². The molecule has 0 aliphatic carbocycles. The molecule has 20 aromatic rings. The summed E-state index contributed by atoms with van der Waals surface area (Å²) in [5.74, 6) is 0. The molecule has 20 rings (SSSR count). The second kappa shape index (κ2) is 30.4. The van der Waals surface area contributed by atoms with Crippen molar-refractivity contribution in [2.24, 2.45) is 0 Å². The number of benzene rings is 20. The van der Waals surface area contributed by atoms with E-state index in [9.17, 15) is 0 Å². The number of rotatable bonds is 16. The monoisotopic (exact) mass is 1430 g/mol. The quantitative estimate of drug-likeness (QED) is 0.0956. The minimum atomic E-state index is 1.13. The maximum absolute atomic E-state index is 2.36. The molecule has 112 heavy (non-hydrogen) atoms. The minimum absolute atomic E-state index is 1.13. The van der Waals surface area contributed by atoms with Crippen LogP contribution in [-0.4, -0.2) is 0 Å². The molecular formula is C108H76N4. The van der Waals surface area contributed by atoms with Crippen LogP contribution in [0.5, 0.6) is 0 Å². The maximum Gasteiger partial charge on any atom is 0.0540 e. The Labute approximate surface area is 653 Å². The number of fused-ring (bicyclic) bond motifs is 6. The Morgan fingerprint density at radius 3 is 0.589 bits per heavy atom. The zero-order chi connectivity index (χ0) is 74.5. The first-order chi connectivity index (χ1) is 55.6. The molecular weight excluding hydrogens is 1350 g/mol. The van der Waals surface area contributed by atoms with E-state index in [1.807, 2.05) is 0 Å². The van der Waals surface area contributed by atoms with Crippen molar-refractivity contribution in [3.63, 3.8) is 0 Å². The summed E-state index contributed by atoms with van der Waals surface area (Å²) in [7, 11) is 0. The first-order valence-electron chi connectivity index (χ1n) is 38.4. The molecule has 0 saturated heterocycles. The number of hydrogen-bond acceptors (Lipinski definition) is 4. The number of nitrogens with zero attached hydrogens (tertiary/aromatic N) is 4. The lowest BCUT2D eigenvalue weighted by atomic mass is 9.89. The maximum atomic E-state index is 2.36. The average Bonchev–Trinajstić information content (AvgIpc) is 0.757. The lowest BCUT2D eigenvalue weighted by molar-refractivity contribution is 1.29. The highest BCUT2D eigenvalue weighted by Gasteiger charge is 2.22. The van der Waals surface area contributed by atoms with Crippen LogP contribution in [0.15, 0.2) is 461 Å². The van der Waals surface area contributed by atoms with Crippen molar-refractivity contribution in [2.75, 3.05) is 19.6 Å². The van der Waals surface area contributed by atoms with Crippen molar-refractivity contribution in [3.05, 3.63) is 461 Å². The highest BCUT2D eigenvalue weighted by Crippen LogP contribution is 2.47. The van der Waals surface area contributed by atoms with Crippen molar-refractivity contribution >= 4 is 133 Å². The van der Waals surface area contributed by atoms with Crippen LogP contribution < -0.4 is 19.6 Å². The van der Waals surface area contributed by atoms with Gasteiger partial charge in [0.05, 0.1) is 5.69 Å². The third-order valence-electron chi connectivity index (χ3n) is 21.6. The highest BCUT2D eigenvalue weighted by atomic mass is 15.2. The van der Waals surface area contributed by atoms with E-state index in [4.69, 9.17) is 0 Å². The molecule has 0 amide bonds. The van der Waals surface area contributed by atoms with Gasteiger partial charge in [-0.05, 0) is 261 Å². The molecule has 0 spiro atoms. The van der Waals surface area contributed by atoms with E-state index in [1.165, 1.54) is 109 Å². The molecule has 0 radical (unpaired) electrons. The SMILES string of the molecule is c1ccc(N(c2ccccc2)c2ccc3cc(-c4ccc(-c5ccc(N(c6ccccc6)c6ccccc6)c6ccccc56)c5ccccc45)ccc3c2)cc1.c1ccc(N(c2ccccc2)c2ccc3cc(-c4ccc(-c5ccc6cc(N(c7ccccc7)c7ccccc7)ccc6c5)c5ccccc45)ccc3c2)cc1. The van der Waals surface area contributed by atoms with Gasteiger partial charge in [-0.3, -0.25) is 0 Å². The normalized spacial score (nSPS) is 11.2. The Bertz CT molecular complexity index is 6380.